The first kappa shape index (κ1) is 26.5. The zero-order valence-corrected chi connectivity index (χ0v) is 22.1. The molecule has 6 rings (SSSR count). The second kappa shape index (κ2) is 11.4. The standard InChI is InChI=1S/C28H27FN8O4/c29-21-12-18(14-30)4-5-19(21)17-41-26-3-1-2-25(32-26)36-9-7-35(8-10-36)15-22-24(13-20-6-11-40-20)37-16-23(27(38)39)33-34-28(37)31-22/h1-5,12,16,20H,6-11,13,15,17H2,(H,38,39). The van der Waals surface area contributed by atoms with Crippen molar-refractivity contribution in [3.05, 3.63) is 76.6 Å². The molecule has 4 aromatic rings. The van der Waals surface area contributed by atoms with Gasteiger partial charge in [0.05, 0.1) is 29.1 Å². The SMILES string of the molecule is N#Cc1ccc(COc2cccc(N3CCN(Cc4nc5nnc(C(=O)O)cn5c4CC4CCO4)CC3)n2)c(F)c1. The van der Waals surface area contributed by atoms with Gasteiger partial charge in [-0.1, -0.05) is 12.1 Å². The number of carboxylic acids is 1. The molecule has 2 saturated heterocycles. The fourth-order valence-electron chi connectivity index (χ4n) is 4.95. The predicted octanol–water partition coefficient (Wildman–Crippen LogP) is 2.46. The maximum Gasteiger partial charge on any atom is 0.357 e. The molecule has 13 heteroatoms. The largest absolute Gasteiger partial charge is 0.476 e. The summed E-state index contributed by atoms with van der Waals surface area (Å²) in [7, 11) is 0. The third-order valence-corrected chi connectivity index (χ3v) is 7.34. The lowest BCUT2D eigenvalue weighted by Gasteiger charge is -2.35. The highest BCUT2D eigenvalue weighted by molar-refractivity contribution is 5.84. The molecule has 3 aromatic heterocycles. The van der Waals surface area contributed by atoms with E-state index in [2.05, 4.69) is 30.0 Å². The molecule has 1 N–H and O–H groups in total. The maximum absolute atomic E-state index is 14.2. The van der Waals surface area contributed by atoms with E-state index in [1.807, 2.05) is 18.2 Å². The summed E-state index contributed by atoms with van der Waals surface area (Å²) in [5, 5.41) is 26.1. The van der Waals surface area contributed by atoms with Crippen molar-refractivity contribution in [2.45, 2.75) is 32.1 Å². The van der Waals surface area contributed by atoms with Crippen molar-refractivity contribution in [3.63, 3.8) is 0 Å². The number of benzene rings is 1. The molecule has 1 atom stereocenters. The number of nitriles is 1. The monoisotopic (exact) mass is 558 g/mol. The van der Waals surface area contributed by atoms with E-state index in [9.17, 15) is 14.3 Å². The fraction of sp³-hybridized carbons (Fsp3) is 0.357. The van der Waals surface area contributed by atoms with Gasteiger partial charge in [0.25, 0.3) is 5.78 Å². The number of hydrogen-bond donors (Lipinski definition) is 1. The summed E-state index contributed by atoms with van der Waals surface area (Å²) in [4.78, 5) is 25.2. The lowest BCUT2D eigenvalue weighted by molar-refractivity contribution is -0.0499. The van der Waals surface area contributed by atoms with Crippen LogP contribution in [0.3, 0.4) is 0 Å². The number of ether oxygens (including phenoxy) is 2. The van der Waals surface area contributed by atoms with Crippen LogP contribution >= 0.6 is 0 Å². The van der Waals surface area contributed by atoms with Gasteiger partial charge < -0.3 is 19.5 Å². The molecule has 12 nitrogen and oxygen atoms in total. The summed E-state index contributed by atoms with van der Waals surface area (Å²) in [5.41, 5.74) is 2.22. The van der Waals surface area contributed by atoms with Crippen LogP contribution in [0.25, 0.3) is 5.78 Å². The van der Waals surface area contributed by atoms with Crippen molar-refractivity contribution < 1.29 is 23.8 Å². The van der Waals surface area contributed by atoms with Crippen LogP contribution in [-0.2, 0) is 24.3 Å². The van der Waals surface area contributed by atoms with Crippen LogP contribution in [-0.4, -0.2) is 79.4 Å². The summed E-state index contributed by atoms with van der Waals surface area (Å²) in [5.74, 6) is -0.0850. The van der Waals surface area contributed by atoms with E-state index in [0.717, 1.165) is 56.4 Å². The van der Waals surface area contributed by atoms with Crippen LogP contribution in [0.2, 0.25) is 0 Å². The van der Waals surface area contributed by atoms with E-state index in [-0.39, 0.29) is 24.0 Å². The number of carboxylic acid groups (broad SMARTS) is 1. The lowest BCUT2D eigenvalue weighted by atomic mass is 10.1. The number of carbonyl (C=O) groups is 1. The molecular weight excluding hydrogens is 531 g/mol. The quantitative estimate of drug-likeness (QED) is 0.324. The summed E-state index contributed by atoms with van der Waals surface area (Å²) in [6, 6.07) is 11.7. The minimum atomic E-state index is -1.14. The first-order valence-corrected chi connectivity index (χ1v) is 13.3. The van der Waals surface area contributed by atoms with Gasteiger partial charge in [0, 0.05) is 63.6 Å². The summed E-state index contributed by atoms with van der Waals surface area (Å²) >= 11 is 0. The highest BCUT2D eigenvalue weighted by Crippen LogP contribution is 2.24. The van der Waals surface area contributed by atoms with E-state index >= 15 is 0 Å². The van der Waals surface area contributed by atoms with Gasteiger partial charge in [0.15, 0.2) is 5.69 Å². The van der Waals surface area contributed by atoms with E-state index in [4.69, 9.17) is 14.7 Å². The van der Waals surface area contributed by atoms with Crippen molar-refractivity contribution in [1.82, 2.24) is 29.5 Å². The number of aromatic carboxylic acids is 1. The minimum Gasteiger partial charge on any atom is -0.476 e. The Hall–Kier alpha value is -4.67. The van der Waals surface area contributed by atoms with Crippen LogP contribution in [0.15, 0.2) is 42.6 Å². The molecule has 2 aliphatic heterocycles. The zero-order chi connectivity index (χ0) is 28.3. The molecule has 0 amide bonds. The smallest absolute Gasteiger partial charge is 0.357 e. The summed E-state index contributed by atoms with van der Waals surface area (Å²) < 4.78 is 27.3. The molecule has 0 spiro atoms. The number of imidazole rings is 1. The van der Waals surface area contributed by atoms with Crippen molar-refractivity contribution in [3.8, 4) is 11.9 Å². The second-order valence-corrected chi connectivity index (χ2v) is 9.98. The molecule has 1 unspecified atom stereocenters. The number of piperazine rings is 1. The Morgan fingerprint density at radius 2 is 2.00 bits per heavy atom. The van der Waals surface area contributed by atoms with E-state index in [0.29, 0.717) is 30.2 Å². The Balaban J connectivity index is 1.10. The van der Waals surface area contributed by atoms with Gasteiger partial charge in [-0.25, -0.2) is 14.2 Å². The number of anilines is 1. The average molecular weight is 559 g/mol. The van der Waals surface area contributed by atoms with Crippen molar-refractivity contribution in [2.75, 3.05) is 37.7 Å². The van der Waals surface area contributed by atoms with Crippen molar-refractivity contribution >= 4 is 17.6 Å². The molecular formula is C28H27FN8O4. The molecule has 2 aliphatic rings. The molecule has 0 radical (unpaired) electrons. The highest BCUT2D eigenvalue weighted by Gasteiger charge is 2.26. The number of fused-ring (bicyclic) bond motifs is 1. The number of pyridine rings is 1. The molecule has 1 aromatic carbocycles. The lowest BCUT2D eigenvalue weighted by Crippen LogP contribution is -2.46. The van der Waals surface area contributed by atoms with E-state index in [1.165, 1.54) is 12.3 Å². The van der Waals surface area contributed by atoms with E-state index in [1.54, 1.807) is 22.6 Å². The zero-order valence-electron chi connectivity index (χ0n) is 22.1. The van der Waals surface area contributed by atoms with E-state index < -0.39 is 11.8 Å². The number of halogens is 1. The van der Waals surface area contributed by atoms with Gasteiger partial charge in [-0.05, 0) is 24.6 Å². The van der Waals surface area contributed by atoms with Gasteiger partial charge in [0.2, 0.25) is 5.88 Å². The normalized spacial score (nSPS) is 17.3. The molecule has 0 aliphatic carbocycles. The van der Waals surface area contributed by atoms with Crippen molar-refractivity contribution in [2.24, 2.45) is 0 Å². The Labute approximate surface area is 234 Å². The molecule has 2 fully saturated rings. The van der Waals surface area contributed by atoms with Crippen LogP contribution in [0.1, 0.15) is 39.4 Å². The Morgan fingerprint density at radius 3 is 2.71 bits per heavy atom. The molecule has 210 valence electrons. The van der Waals surface area contributed by atoms with Gasteiger partial charge in [-0.2, -0.15) is 10.2 Å². The fourth-order valence-corrected chi connectivity index (χ4v) is 4.95. The van der Waals surface area contributed by atoms with Crippen LogP contribution in [0, 0.1) is 17.1 Å². The van der Waals surface area contributed by atoms with Gasteiger partial charge in [-0.15, -0.1) is 10.2 Å². The highest BCUT2D eigenvalue weighted by atomic mass is 19.1. The van der Waals surface area contributed by atoms with Crippen LogP contribution in [0.5, 0.6) is 5.88 Å². The topological polar surface area (TPSA) is 142 Å². The number of nitrogens with zero attached hydrogens (tertiary/aromatic N) is 8. The second-order valence-electron chi connectivity index (χ2n) is 9.98. The molecule has 41 heavy (non-hydrogen) atoms. The summed E-state index contributed by atoms with van der Waals surface area (Å²) in [6.07, 6.45) is 3.14. The molecule has 0 saturated carbocycles. The molecule has 5 heterocycles. The number of hydrogen-bond acceptors (Lipinski definition) is 10. The van der Waals surface area contributed by atoms with Gasteiger partial charge in [-0.3, -0.25) is 9.30 Å². The average Bonchev–Trinajstić information content (AvgIpc) is 3.30. The third-order valence-electron chi connectivity index (χ3n) is 7.34. The Morgan fingerprint density at radius 1 is 1.17 bits per heavy atom. The minimum absolute atomic E-state index is 0.00729. The number of rotatable bonds is 9. The predicted molar refractivity (Wildman–Crippen MR) is 143 cm³/mol. The van der Waals surface area contributed by atoms with Crippen molar-refractivity contribution in [1.29, 1.82) is 5.26 Å². The van der Waals surface area contributed by atoms with Crippen LogP contribution < -0.4 is 9.64 Å². The first-order valence-electron chi connectivity index (χ1n) is 13.3. The third kappa shape index (κ3) is 5.79. The Bertz CT molecular complexity index is 1630. The van der Waals surface area contributed by atoms with Gasteiger partial charge in [0.1, 0.15) is 18.2 Å². The maximum atomic E-state index is 14.2. The van der Waals surface area contributed by atoms with Gasteiger partial charge >= 0.3 is 5.97 Å². The van der Waals surface area contributed by atoms with Crippen LogP contribution in [0.4, 0.5) is 10.2 Å². The Kier molecular flexibility index (Phi) is 7.41. The first-order chi connectivity index (χ1) is 20.0. The number of aromatic nitrogens is 5. The molecule has 0 bridgehead atoms. The summed E-state index contributed by atoms with van der Waals surface area (Å²) in [6.45, 7) is 4.33.